The first-order valence-electron chi connectivity index (χ1n) is 11.3. The minimum absolute atomic E-state index is 0.0690. The van der Waals surface area contributed by atoms with Gasteiger partial charge >= 0.3 is 0 Å². The lowest BCUT2D eigenvalue weighted by molar-refractivity contribution is 0.0941. The van der Waals surface area contributed by atoms with E-state index < -0.39 is 11.9 Å². The number of carbonyl (C=O) groups excluding carboxylic acids is 1. The zero-order valence-corrected chi connectivity index (χ0v) is 19.7. The number of hydrogen-bond acceptors (Lipinski definition) is 6. The highest BCUT2D eigenvalue weighted by Gasteiger charge is 2.23. The summed E-state index contributed by atoms with van der Waals surface area (Å²) in [5.74, 6) is 5.51. The molecule has 0 aliphatic carbocycles. The zero-order chi connectivity index (χ0) is 25.2. The monoisotopic (exact) mass is 477 g/mol. The van der Waals surface area contributed by atoms with Crippen LogP contribution in [0.2, 0.25) is 0 Å². The second-order valence-corrected chi connectivity index (χ2v) is 8.18. The molecule has 0 fully saturated rings. The van der Waals surface area contributed by atoms with Crippen LogP contribution in [0.3, 0.4) is 0 Å². The highest BCUT2D eigenvalue weighted by Crippen LogP contribution is 2.22. The number of nitrogens with one attached hydrogen (secondary N) is 2. The maximum absolute atomic E-state index is 13.8. The summed E-state index contributed by atoms with van der Waals surface area (Å²) in [6, 6.07) is 17.9. The Balaban J connectivity index is 1.62. The van der Waals surface area contributed by atoms with Gasteiger partial charge in [-0.1, -0.05) is 36.3 Å². The average molecular weight is 478 g/mol. The second-order valence-electron chi connectivity index (χ2n) is 8.18. The van der Waals surface area contributed by atoms with Crippen LogP contribution in [-0.4, -0.2) is 25.2 Å². The molecular weight excluding hydrogens is 454 g/mol. The third-order valence-corrected chi connectivity index (χ3v) is 5.79. The van der Waals surface area contributed by atoms with Crippen LogP contribution in [0.15, 0.2) is 77.9 Å². The van der Waals surface area contributed by atoms with Crippen molar-refractivity contribution >= 4 is 33.8 Å². The van der Waals surface area contributed by atoms with E-state index in [-0.39, 0.29) is 16.9 Å². The lowest BCUT2D eigenvalue weighted by Crippen LogP contribution is -2.36. The molecule has 0 aliphatic heterocycles. The Hall–Kier alpha value is -5.10. The van der Waals surface area contributed by atoms with Crippen molar-refractivity contribution in [3.8, 4) is 11.8 Å². The largest absolute Gasteiger partial charge is 0.381 e. The summed E-state index contributed by atoms with van der Waals surface area (Å²) < 4.78 is 2.90. The van der Waals surface area contributed by atoms with Gasteiger partial charge in [-0.25, -0.2) is 14.2 Å². The number of aromatic nitrogens is 4. The van der Waals surface area contributed by atoms with Crippen LogP contribution in [-0.2, 0) is 0 Å². The maximum Gasteiger partial charge on any atom is 0.278 e. The molecule has 3 heterocycles. The number of hydrogen-bond donors (Lipinski definition) is 3. The molecule has 9 heteroatoms. The quantitative estimate of drug-likeness (QED) is 0.334. The summed E-state index contributed by atoms with van der Waals surface area (Å²) in [5, 5.41) is 8.33. The van der Waals surface area contributed by atoms with Crippen LogP contribution >= 0.6 is 0 Å². The van der Waals surface area contributed by atoms with Gasteiger partial charge in [0, 0.05) is 18.0 Å². The van der Waals surface area contributed by atoms with Crippen molar-refractivity contribution in [3.63, 3.8) is 0 Å². The molecule has 5 rings (SSSR count). The predicted octanol–water partition coefficient (Wildman–Crippen LogP) is 3.36. The molecule has 3 aromatic heterocycles. The van der Waals surface area contributed by atoms with Gasteiger partial charge in [-0.15, -0.1) is 11.0 Å². The van der Waals surface area contributed by atoms with Gasteiger partial charge < -0.3 is 11.1 Å². The Morgan fingerprint density at radius 3 is 2.69 bits per heavy atom. The number of nitrogens with zero attached hydrogens (tertiary/aromatic N) is 4. The van der Waals surface area contributed by atoms with Crippen LogP contribution in [0.25, 0.3) is 16.4 Å². The smallest absolute Gasteiger partial charge is 0.278 e. The molecule has 36 heavy (non-hydrogen) atoms. The third-order valence-electron chi connectivity index (χ3n) is 5.79. The first-order valence-corrected chi connectivity index (χ1v) is 11.3. The first kappa shape index (κ1) is 22.7. The molecule has 178 valence electrons. The Kier molecular flexibility index (Phi) is 5.84. The van der Waals surface area contributed by atoms with Gasteiger partial charge in [0.15, 0.2) is 11.5 Å². The van der Waals surface area contributed by atoms with Crippen molar-refractivity contribution in [2.45, 2.75) is 19.9 Å². The van der Waals surface area contributed by atoms with Crippen molar-refractivity contribution in [3.05, 3.63) is 100 Å². The van der Waals surface area contributed by atoms with Gasteiger partial charge in [-0.05, 0) is 49.6 Å². The topological polar surface area (TPSA) is 119 Å². The maximum atomic E-state index is 13.8. The minimum atomic E-state index is -0.579. The van der Waals surface area contributed by atoms with Gasteiger partial charge in [0.1, 0.15) is 5.56 Å². The van der Waals surface area contributed by atoms with Gasteiger partial charge in [-0.3, -0.25) is 15.0 Å². The summed E-state index contributed by atoms with van der Waals surface area (Å²) in [4.78, 5) is 31.3. The Bertz CT molecular complexity index is 1730. The molecule has 0 spiro atoms. The van der Waals surface area contributed by atoms with Crippen LogP contribution in [0.4, 0.5) is 11.5 Å². The van der Waals surface area contributed by atoms with E-state index in [0.717, 1.165) is 5.39 Å². The standard InChI is InChI=1S/C27H23N7O2/c1-3-9-18-10-7-11-19-16-21(34(27(36)22(18)19)31-20-12-5-4-6-13-20)17(2)30-26(35)23-24(28)32-33-15-8-14-29-25(23)33/h4-8,10-17,31H,1-2H3,(H2,28,32)(H,30,35)/t17-/m0/s1. The SMILES string of the molecule is CC#Cc1cccc2cc([C@H](C)NC(=O)c3c(N)nn4cccnc34)n(Nc3ccccc3)c(=O)c12. The minimum Gasteiger partial charge on any atom is -0.381 e. The van der Waals surface area contributed by atoms with Crippen molar-refractivity contribution in [2.24, 2.45) is 0 Å². The number of carbonyl (C=O) groups is 1. The van der Waals surface area contributed by atoms with E-state index in [1.807, 2.05) is 54.6 Å². The average Bonchev–Trinajstić information content (AvgIpc) is 3.22. The predicted molar refractivity (Wildman–Crippen MR) is 140 cm³/mol. The summed E-state index contributed by atoms with van der Waals surface area (Å²) in [5.41, 5.74) is 11.4. The lowest BCUT2D eigenvalue weighted by Gasteiger charge is -2.22. The number of nitrogen functional groups attached to an aromatic ring is 1. The summed E-state index contributed by atoms with van der Waals surface area (Å²) in [7, 11) is 0. The van der Waals surface area contributed by atoms with E-state index in [2.05, 4.69) is 32.7 Å². The van der Waals surface area contributed by atoms with E-state index in [0.29, 0.717) is 28.0 Å². The van der Waals surface area contributed by atoms with Crippen LogP contribution in [0, 0.1) is 11.8 Å². The number of benzene rings is 2. The van der Waals surface area contributed by atoms with Crippen LogP contribution in [0.5, 0.6) is 0 Å². The molecule has 0 radical (unpaired) electrons. The molecule has 0 bridgehead atoms. The Morgan fingerprint density at radius 2 is 1.92 bits per heavy atom. The van der Waals surface area contributed by atoms with Crippen molar-refractivity contribution in [1.29, 1.82) is 0 Å². The molecule has 0 unspecified atom stereocenters. The zero-order valence-electron chi connectivity index (χ0n) is 19.7. The molecular formula is C27H23N7O2. The highest BCUT2D eigenvalue weighted by molar-refractivity contribution is 6.04. The van der Waals surface area contributed by atoms with Gasteiger partial charge in [0.25, 0.3) is 11.5 Å². The molecule has 4 N–H and O–H groups in total. The molecule has 1 atom stereocenters. The number of nitrogens with two attached hydrogens (primary N) is 1. The van der Waals surface area contributed by atoms with E-state index in [4.69, 9.17) is 5.73 Å². The van der Waals surface area contributed by atoms with Crippen molar-refractivity contribution in [2.75, 3.05) is 11.2 Å². The fourth-order valence-electron chi connectivity index (χ4n) is 4.16. The Morgan fingerprint density at radius 1 is 1.11 bits per heavy atom. The summed E-state index contributed by atoms with van der Waals surface area (Å²) in [6.07, 6.45) is 3.23. The van der Waals surface area contributed by atoms with E-state index in [1.165, 1.54) is 9.19 Å². The normalized spacial score (nSPS) is 11.6. The molecule has 2 aromatic carbocycles. The van der Waals surface area contributed by atoms with E-state index >= 15 is 0 Å². The molecule has 5 aromatic rings. The summed E-state index contributed by atoms with van der Waals surface area (Å²) in [6.45, 7) is 3.53. The van der Waals surface area contributed by atoms with E-state index in [1.54, 1.807) is 32.3 Å². The number of amides is 1. The third kappa shape index (κ3) is 4.01. The fourth-order valence-corrected chi connectivity index (χ4v) is 4.16. The van der Waals surface area contributed by atoms with Gasteiger partial charge in [0.2, 0.25) is 0 Å². The first-order chi connectivity index (χ1) is 17.5. The highest BCUT2D eigenvalue weighted by atomic mass is 16.2. The molecule has 0 aliphatic rings. The van der Waals surface area contributed by atoms with Crippen molar-refractivity contribution < 1.29 is 4.79 Å². The summed E-state index contributed by atoms with van der Waals surface area (Å²) >= 11 is 0. The number of fused-ring (bicyclic) bond motifs is 2. The second kappa shape index (κ2) is 9.27. The number of anilines is 2. The van der Waals surface area contributed by atoms with Crippen LogP contribution < -0.4 is 22.0 Å². The fraction of sp³-hybridized carbons (Fsp3) is 0.111. The van der Waals surface area contributed by atoms with Gasteiger partial charge in [-0.2, -0.15) is 0 Å². The molecule has 9 nitrogen and oxygen atoms in total. The number of rotatable bonds is 5. The van der Waals surface area contributed by atoms with Crippen LogP contribution in [0.1, 0.15) is 41.5 Å². The Labute approximate surface area is 206 Å². The van der Waals surface area contributed by atoms with E-state index in [9.17, 15) is 9.59 Å². The molecule has 1 amide bonds. The molecule has 0 saturated carbocycles. The number of pyridine rings is 1. The number of para-hydroxylation sites is 1. The van der Waals surface area contributed by atoms with Gasteiger partial charge in [0.05, 0.1) is 22.8 Å². The lowest BCUT2D eigenvalue weighted by atomic mass is 10.0. The molecule has 0 saturated heterocycles. The van der Waals surface area contributed by atoms with Crippen molar-refractivity contribution in [1.82, 2.24) is 24.6 Å².